The molecule has 1 fully saturated rings. The van der Waals surface area contributed by atoms with Gasteiger partial charge in [-0.3, -0.25) is 4.79 Å². The number of amides is 1. The molecule has 1 saturated heterocycles. The van der Waals surface area contributed by atoms with E-state index in [1.165, 1.54) is 34.4 Å². The number of carbonyl (C=O) groups is 2. The zero-order chi connectivity index (χ0) is 16.6. The zero-order valence-corrected chi connectivity index (χ0v) is 15.3. The van der Waals surface area contributed by atoms with Crippen LogP contribution < -0.4 is 5.32 Å². The number of hydrogen-bond acceptors (Lipinski definition) is 6. The van der Waals surface area contributed by atoms with E-state index in [4.69, 9.17) is 11.6 Å². The Balaban J connectivity index is 1.85. The molecule has 0 bridgehead atoms. The van der Waals surface area contributed by atoms with E-state index >= 15 is 0 Å². The second-order valence-electron chi connectivity index (χ2n) is 5.18. The number of halogens is 1. The molecule has 1 aliphatic rings. The van der Waals surface area contributed by atoms with Crippen LogP contribution in [0.4, 0.5) is 0 Å². The summed E-state index contributed by atoms with van der Waals surface area (Å²) in [4.78, 5) is 29.9. The van der Waals surface area contributed by atoms with E-state index < -0.39 is 11.5 Å². The molecular weight excluding hydrogens is 376 g/mol. The smallest absolute Gasteiger partial charge is 0.330 e. The summed E-state index contributed by atoms with van der Waals surface area (Å²) in [6.45, 7) is 1.75. The Morgan fingerprint density at radius 3 is 2.74 bits per heavy atom. The van der Waals surface area contributed by atoms with Crippen molar-refractivity contribution in [3.63, 3.8) is 0 Å². The van der Waals surface area contributed by atoms with E-state index in [2.05, 4.69) is 10.3 Å². The van der Waals surface area contributed by atoms with E-state index in [0.29, 0.717) is 27.1 Å². The molecule has 0 saturated carbocycles. The summed E-state index contributed by atoms with van der Waals surface area (Å²) < 4.78 is 0.659. The predicted molar refractivity (Wildman–Crippen MR) is 94.9 cm³/mol. The molecular formula is C14H13ClN2O3S3. The van der Waals surface area contributed by atoms with E-state index in [1.807, 2.05) is 6.07 Å². The van der Waals surface area contributed by atoms with Crippen LogP contribution in [0.1, 0.15) is 21.8 Å². The largest absolute Gasteiger partial charge is 0.479 e. The average molecular weight is 389 g/mol. The van der Waals surface area contributed by atoms with Crippen molar-refractivity contribution in [1.29, 1.82) is 0 Å². The molecule has 1 atom stereocenters. The Labute approximate surface area is 150 Å². The lowest BCUT2D eigenvalue weighted by atomic mass is 9.99. The minimum Gasteiger partial charge on any atom is -0.479 e. The Kier molecular flexibility index (Phi) is 4.68. The van der Waals surface area contributed by atoms with Gasteiger partial charge in [0.05, 0.1) is 14.9 Å². The van der Waals surface area contributed by atoms with Gasteiger partial charge in [0.15, 0.2) is 0 Å². The number of aliphatic carboxylic acids is 1. The lowest BCUT2D eigenvalue weighted by Crippen LogP contribution is -2.54. The Morgan fingerprint density at radius 2 is 2.17 bits per heavy atom. The molecule has 9 heteroatoms. The van der Waals surface area contributed by atoms with Gasteiger partial charge in [-0.05, 0) is 31.2 Å². The summed E-state index contributed by atoms with van der Waals surface area (Å²) in [5.41, 5.74) is -0.580. The molecule has 3 rings (SSSR count). The number of carboxylic acids is 1. The first-order chi connectivity index (χ1) is 10.9. The molecule has 1 amide bonds. The summed E-state index contributed by atoms with van der Waals surface area (Å²) in [5, 5.41) is 12.9. The SMILES string of the molecule is Cc1nc(-c2ccc(Cl)s2)sc1C(=O)NC1(C(=O)O)CCSC1. The third-order valence-corrected chi connectivity index (χ3v) is 7.32. The van der Waals surface area contributed by atoms with E-state index in [0.717, 1.165) is 15.6 Å². The fourth-order valence-electron chi connectivity index (χ4n) is 2.30. The number of carbonyl (C=O) groups excluding carboxylic acids is 1. The number of nitrogens with one attached hydrogen (secondary N) is 1. The maximum Gasteiger partial charge on any atom is 0.330 e. The number of nitrogens with zero attached hydrogens (tertiary/aromatic N) is 1. The summed E-state index contributed by atoms with van der Waals surface area (Å²) in [5.74, 6) is -0.242. The number of aryl methyl sites for hydroxylation is 1. The van der Waals surface area contributed by atoms with Crippen LogP contribution in [0, 0.1) is 6.92 Å². The number of thioether (sulfide) groups is 1. The maximum absolute atomic E-state index is 12.5. The van der Waals surface area contributed by atoms with Crippen molar-refractivity contribution >= 4 is 57.9 Å². The number of hydrogen-bond donors (Lipinski definition) is 2. The van der Waals surface area contributed by atoms with Crippen LogP contribution in [0.25, 0.3) is 9.88 Å². The number of aromatic nitrogens is 1. The summed E-state index contributed by atoms with van der Waals surface area (Å²) in [6.07, 6.45) is 0.435. The van der Waals surface area contributed by atoms with Crippen LogP contribution in [0.3, 0.4) is 0 Å². The molecule has 2 N–H and O–H groups in total. The van der Waals surface area contributed by atoms with Crippen LogP contribution in [0.15, 0.2) is 12.1 Å². The second-order valence-corrected chi connectivity index (χ2v) is 9.00. The van der Waals surface area contributed by atoms with Crippen LogP contribution in [0.2, 0.25) is 4.34 Å². The number of thiophene rings is 1. The summed E-state index contributed by atoms with van der Waals surface area (Å²) in [6, 6.07) is 3.65. The highest BCUT2D eigenvalue weighted by Crippen LogP contribution is 2.35. The van der Waals surface area contributed by atoms with Crippen molar-refractivity contribution in [3.8, 4) is 9.88 Å². The van der Waals surface area contributed by atoms with Gasteiger partial charge in [-0.25, -0.2) is 9.78 Å². The molecule has 0 radical (unpaired) electrons. The monoisotopic (exact) mass is 388 g/mol. The third kappa shape index (κ3) is 3.26. The van der Waals surface area contributed by atoms with E-state index in [9.17, 15) is 14.7 Å². The minimum atomic E-state index is -1.18. The Hall–Kier alpha value is -1.09. The molecule has 2 aromatic heterocycles. The molecule has 0 aliphatic carbocycles. The van der Waals surface area contributed by atoms with Gasteiger partial charge < -0.3 is 10.4 Å². The van der Waals surface area contributed by atoms with Crippen molar-refractivity contribution in [1.82, 2.24) is 10.3 Å². The maximum atomic E-state index is 12.5. The van der Waals surface area contributed by atoms with E-state index in [-0.39, 0.29) is 5.91 Å². The Bertz CT molecular complexity index is 765. The highest BCUT2D eigenvalue weighted by Gasteiger charge is 2.43. The highest BCUT2D eigenvalue weighted by atomic mass is 35.5. The standard InChI is InChI=1S/C14H13ClN2O3S3/c1-7-10(23-12(16-7)8-2-3-9(15)22-8)11(18)17-14(13(19)20)4-5-21-6-14/h2-3H,4-6H2,1H3,(H,17,18)(H,19,20). The first kappa shape index (κ1) is 16.8. The van der Waals surface area contributed by atoms with E-state index in [1.54, 1.807) is 13.0 Å². The van der Waals surface area contributed by atoms with Gasteiger partial charge in [0.2, 0.25) is 0 Å². The fraction of sp³-hybridized carbons (Fsp3) is 0.357. The van der Waals surface area contributed by atoms with Gasteiger partial charge in [-0.15, -0.1) is 22.7 Å². The van der Waals surface area contributed by atoms with Crippen LogP contribution in [-0.2, 0) is 4.79 Å². The molecule has 2 aromatic rings. The van der Waals surface area contributed by atoms with Crippen molar-refractivity contribution in [3.05, 3.63) is 27.0 Å². The number of carboxylic acid groups (broad SMARTS) is 1. The molecule has 1 unspecified atom stereocenters. The summed E-state index contributed by atoms with van der Waals surface area (Å²) in [7, 11) is 0. The first-order valence-electron chi connectivity index (χ1n) is 6.78. The van der Waals surface area contributed by atoms with Gasteiger partial charge in [-0.2, -0.15) is 11.8 Å². The number of rotatable bonds is 4. The summed E-state index contributed by atoms with van der Waals surface area (Å²) >= 11 is 10.1. The molecule has 5 nitrogen and oxygen atoms in total. The van der Waals surface area contributed by atoms with Gasteiger partial charge in [0.1, 0.15) is 15.4 Å². The number of thiazole rings is 1. The molecule has 23 heavy (non-hydrogen) atoms. The molecule has 1 aliphatic heterocycles. The van der Waals surface area contributed by atoms with Gasteiger partial charge >= 0.3 is 5.97 Å². The van der Waals surface area contributed by atoms with Crippen LogP contribution in [0.5, 0.6) is 0 Å². The van der Waals surface area contributed by atoms with Crippen molar-refractivity contribution < 1.29 is 14.7 Å². The van der Waals surface area contributed by atoms with Crippen molar-refractivity contribution in [2.45, 2.75) is 18.9 Å². The minimum absolute atomic E-state index is 0.376. The van der Waals surface area contributed by atoms with Gasteiger partial charge in [0.25, 0.3) is 5.91 Å². The quantitative estimate of drug-likeness (QED) is 0.837. The molecule has 0 aromatic carbocycles. The Morgan fingerprint density at radius 1 is 1.39 bits per heavy atom. The lowest BCUT2D eigenvalue weighted by Gasteiger charge is -2.24. The zero-order valence-electron chi connectivity index (χ0n) is 12.1. The fourth-order valence-corrected chi connectivity index (χ4v) is 5.69. The molecule has 0 spiro atoms. The normalized spacial score (nSPS) is 20.6. The third-order valence-electron chi connectivity index (χ3n) is 3.57. The lowest BCUT2D eigenvalue weighted by molar-refractivity contribution is -0.143. The topological polar surface area (TPSA) is 79.3 Å². The average Bonchev–Trinajstić information content (AvgIpc) is 3.19. The van der Waals surface area contributed by atoms with Crippen LogP contribution in [-0.4, -0.2) is 39.0 Å². The molecule has 3 heterocycles. The predicted octanol–water partition coefficient (Wildman–Crippen LogP) is 3.52. The first-order valence-corrected chi connectivity index (χ1v) is 9.95. The second kappa shape index (κ2) is 6.43. The molecule has 122 valence electrons. The van der Waals surface area contributed by atoms with Gasteiger partial charge in [-0.1, -0.05) is 11.6 Å². The highest BCUT2D eigenvalue weighted by molar-refractivity contribution is 7.99. The van der Waals surface area contributed by atoms with Crippen molar-refractivity contribution in [2.24, 2.45) is 0 Å². The van der Waals surface area contributed by atoms with Crippen molar-refractivity contribution in [2.75, 3.05) is 11.5 Å². The van der Waals surface area contributed by atoms with Gasteiger partial charge in [0, 0.05) is 5.75 Å². The van der Waals surface area contributed by atoms with Crippen LogP contribution >= 0.6 is 46.0 Å².